The van der Waals surface area contributed by atoms with Gasteiger partial charge in [0.15, 0.2) is 5.16 Å². The maximum Gasteiger partial charge on any atom is 0.274 e. The second-order valence-corrected chi connectivity index (χ2v) is 5.72. The van der Waals surface area contributed by atoms with Crippen LogP contribution in [0.2, 0.25) is 0 Å². The van der Waals surface area contributed by atoms with Crippen LogP contribution in [-0.2, 0) is 0 Å². The maximum atomic E-state index is 12.7. The number of para-hydroxylation sites is 1. The number of benzene rings is 1. The van der Waals surface area contributed by atoms with Crippen LogP contribution in [0.25, 0.3) is 5.69 Å². The summed E-state index contributed by atoms with van der Waals surface area (Å²) in [6.45, 7) is 1.93. The molecular weight excluding hydrogens is 308 g/mol. The average Bonchev–Trinajstić information content (AvgIpc) is 3.02. The molecule has 2 heterocycles. The van der Waals surface area contributed by atoms with Crippen molar-refractivity contribution in [1.82, 2.24) is 14.5 Å². The molecule has 0 saturated carbocycles. The molecule has 6 heteroatoms. The minimum Gasteiger partial charge on any atom is -0.319 e. The minimum atomic E-state index is -0.210. The Kier molecular flexibility index (Phi) is 4.43. The molecule has 3 rings (SSSR count). The van der Waals surface area contributed by atoms with Crippen LogP contribution >= 0.6 is 11.8 Å². The number of carbonyl (C=O) groups excluding carboxylic acids is 1. The summed E-state index contributed by atoms with van der Waals surface area (Å²) in [7, 11) is 0. The molecule has 23 heavy (non-hydrogen) atoms. The first-order valence-corrected chi connectivity index (χ1v) is 8.32. The van der Waals surface area contributed by atoms with E-state index in [-0.39, 0.29) is 5.91 Å². The Labute approximate surface area is 138 Å². The van der Waals surface area contributed by atoms with Crippen LogP contribution in [-0.4, -0.2) is 26.7 Å². The van der Waals surface area contributed by atoms with Crippen LogP contribution in [0.5, 0.6) is 0 Å². The second-order valence-electron chi connectivity index (χ2n) is 4.95. The van der Waals surface area contributed by atoms with E-state index in [1.165, 1.54) is 11.8 Å². The number of thioether (sulfide) groups is 1. The summed E-state index contributed by atoms with van der Waals surface area (Å²) >= 11 is 1.50. The third-order valence-corrected chi connectivity index (χ3v) is 4.10. The van der Waals surface area contributed by atoms with E-state index in [0.29, 0.717) is 11.4 Å². The Morgan fingerprint density at radius 1 is 1.17 bits per heavy atom. The molecule has 0 aliphatic heterocycles. The molecule has 116 valence electrons. The number of pyridine rings is 1. The lowest BCUT2D eigenvalue weighted by molar-refractivity contribution is 0.102. The van der Waals surface area contributed by atoms with Crippen LogP contribution in [0.4, 0.5) is 5.69 Å². The zero-order valence-corrected chi connectivity index (χ0v) is 13.7. The molecule has 0 fully saturated rings. The third-order valence-electron chi connectivity index (χ3n) is 3.45. The Bertz CT molecular complexity index is 830. The SMILES string of the molecule is CSc1ncc(C(=O)Nc2cnccc2C)n1-c1ccccc1. The summed E-state index contributed by atoms with van der Waals surface area (Å²) in [6, 6.07) is 11.6. The molecule has 0 radical (unpaired) electrons. The van der Waals surface area contributed by atoms with Gasteiger partial charge in [-0.2, -0.15) is 0 Å². The number of nitrogens with one attached hydrogen (secondary N) is 1. The normalized spacial score (nSPS) is 10.5. The number of amides is 1. The molecule has 1 amide bonds. The number of aromatic nitrogens is 3. The third kappa shape index (κ3) is 3.12. The van der Waals surface area contributed by atoms with Gasteiger partial charge in [0.05, 0.1) is 18.1 Å². The van der Waals surface area contributed by atoms with Crippen molar-refractivity contribution in [3.63, 3.8) is 0 Å². The molecule has 0 bridgehead atoms. The number of anilines is 1. The van der Waals surface area contributed by atoms with Gasteiger partial charge in [0, 0.05) is 11.9 Å². The van der Waals surface area contributed by atoms with Crippen molar-refractivity contribution >= 4 is 23.4 Å². The van der Waals surface area contributed by atoms with Crippen LogP contribution in [0.3, 0.4) is 0 Å². The van der Waals surface area contributed by atoms with E-state index in [1.54, 1.807) is 18.6 Å². The van der Waals surface area contributed by atoms with Crippen LogP contribution in [0.15, 0.2) is 60.1 Å². The van der Waals surface area contributed by atoms with E-state index in [4.69, 9.17) is 0 Å². The largest absolute Gasteiger partial charge is 0.319 e. The van der Waals surface area contributed by atoms with Gasteiger partial charge in [-0.1, -0.05) is 30.0 Å². The summed E-state index contributed by atoms with van der Waals surface area (Å²) in [6.07, 6.45) is 6.88. The lowest BCUT2D eigenvalue weighted by Crippen LogP contribution is -2.17. The van der Waals surface area contributed by atoms with E-state index >= 15 is 0 Å². The van der Waals surface area contributed by atoms with Gasteiger partial charge >= 0.3 is 0 Å². The Morgan fingerprint density at radius 2 is 1.96 bits per heavy atom. The van der Waals surface area contributed by atoms with Gasteiger partial charge < -0.3 is 5.32 Å². The number of carbonyl (C=O) groups is 1. The van der Waals surface area contributed by atoms with Crippen molar-refractivity contribution in [3.8, 4) is 5.69 Å². The monoisotopic (exact) mass is 324 g/mol. The summed E-state index contributed by atoms with van der Waals surface area (Å²) in [4.78, 5) is 21.1. The number of aryl methyl sites for hydroxylation is 1. The van der Waals surface area contributed by atoms with Gasteiger partial charge in [0.25, 0.3) is 5.91 Å². The standard InChI is InChI=1S/C17H16N4OS/c1-12-8-9-18-10-14(12)20-16(22)15-11-19-17(23-2)21(15)13-6-4-3-5-7-13/h3-11H,1-2H3,(H,20,22). The fraction of sp³-hybridized carbons (Fsp3) is 0.118. The molecule has 0 atom stereocenters. The van der Waals surface area contributed by atoms with Crippen molar-refractivity contribution < 1.29 is 4.79 Å². The fourth-order valence-corrected chi connectivity index (χ4v) is 2.79. The molecule has 0 aliphatic carbocycles. The maximum absolute atomic E-state index is 12.7. The number of imidazole rings is 1. The first-order chi connectivity index (χ1) is 11.2. The Hall–Kier alpha value is -2.60. The predicted octanol–water partition coefficient (Wildman–Crippen LogP) is 3.55. The second kappa shape index (κ2) is 6.66. The van der Waals surface area contributed by atoms with Crippen LogP contribution in [0, 0.1) is 6.92 Å². The highest BCUT2D eigenvalue weighted by atomic mass is 32.2. The highest BCUT2D eigenvalue weighted by Crippen LogP contribution is 2.22. The summed E-state index contributed by atoms with van der Waals surface area (Å²) in [5.41, 5.74) is 3.06. The lowest BCUT2D eigenvalue weighted by Gasteiger charge is -2.12. The summed E-state index contributed by atoms with van der Waals surface area (Å²) < 4.78 is 1.85. The van der Waals surface area contributed by atoms with E-state index < -0.39 is 0 Å². The number of hydrogen-bond acceptors (Lipinski definition) is 4. The van der Waals surface area contributed by atoms with Gasteiger partial charge in [-0.25, -0.2) is 4.98 Å². The van der Waals surface area contributed by atoms with Crippen molar-refractivity contribution in [3.05, 3.63) is 66.2 Å². The zero-order chi connectivity index (χ0) is 16.2. The molecule has 5 nitrogen and oxygen atoms in total. The molecule has 0 unspecified atom stereocenters. The minimum absolute atomic E-state index is 0.210. The lowest BCUT2D eigenvalue weighted by atomic mass is 10.2. The van der Waals surface area contributed by atoms with Gasteiger partial charge in [0.1, 0.15) is 5.69 Å². The summed E-state index contributed by atoms with van der Waals surface area (Å²) in [5, 5.41) is 3.67. The number of nitrogens with zero attached hydrogens (tertiary/aromatic N) is 3. The van der Waals surface area contributed by atoms with Gasteiger partial charge in [-0.15, -0.1) is 0 Å². The Balaban J connectivity index is 1.99. The van der Waals surface area contributed by atoms with Gasteiger partial charge in [-0.3, -0.25) is 14.3 Å². The highest BCUT2D eigenvalue weighted by Gasteiger charge is 2.18. The van der Waals surface area contributed by atoms with E-state index in [0.717, 1.165) is 16.4 Å². The van der Waals surface area contributed by atoms with Crippen molar-refractivity contribution in [2.75, 3.05) is 11.6 Å². The first kappa shape index (κ1) is 15.3. The molecule has 0 spiro atoms. The average molecular weight is 324 g/mol. The molecular formula is C17H16N4OS. The topological polar surface area (TPSA) is 59.8 Å². The molecule has 0 aliphatic rings. The van der Waals surface area contributed by atoms with E-state index in [1.807, 2.05) is 54.1 Å². The van der Waals surface area contributed by atoms with Gasteiger partial charge in [0.2, 0.25) is 0 Å². The molecule has 0 saturated heterocycles. The summed E-state index contributed by atoms with van der Waals surface area (Å²) in [5.74, 6) is -0.210. The van der Waals surface area contributed by atoms with Crippen LogP contribution in [0.1, 0.15) is 16.1 Å². The van der Waals surface area contributed by atoms with Crippen molar-refractivity contribution in [2.24, 2.45) is 0 Å². The molecule has 2 aromatic heterocycles. The predicted molar refractivity (Wildman–Crippen MR) is 92.3 cm³/mol. The molecule has 1 aromatic carbocycles. The Morgan fingerprint density at radius 3 is 2.65 bits per heavy atom. The molecule has 1 N–H and O–H groups in total. The van der Waals surface area contributed by atoms with Crippen molar-refractivity contribution in [2.45, 2.75) is 12.1 Å². The van der Waals surface area contributed by atoms with Crippen LogP contribution < -0.4 is 5.32 Å². The van der Waals surface area contributed by atoms with E-state index in [2.05, 4.69) is 15.3 Å². The zero-order valence-electron chi connectivity index (χ0n) is 12.9. The molecule has 3 aromatic rings. The quantitative estimate of drug-likeness (QED) is 0.746. The number of rotatable bonds is 4. The van der Waals surface area contributed by atoms with Crippen molar-refractivity contribution in [1.29, 1.82) is 0 Å². The smallest absolute Gasteiger partial charge is 0.274 e. The fourth-order valence-electron chi connectivity index (χ4n) is 2.25. The highest BCUT2D eigenvalue weighted by molar-refractivity contribution is 7.98. The first-order valence-electron chi connectivity index (χ1n) is 7.10. The van der Waals surface area contributed by atoms with Gasteiger partial charge in [-0.05, 0) is 36.9 Å². The number of hydrogen-bond donors (Lipinski definition) is 1. The van der Waals surface area contributed by atoms with E-state index in [9.17, 15) is 4.79 Å².